The molecular weight excluding hydrogens is 440 g/mol. The fraction of sp³-hybridized carbons (Fsp3) is 0.800. The van der Waals surface area contributed by atoms with E-state index < -0.39 is 14.9 Å². The smallest absolute Gasteiger partial charge is 0.275 e. The van der Waals surface area contributed by atoms with Crippen molar-refractivity contribution in [2.45, 2.75) is 147 Å². The molecule has 0 bridgehead atoms. The van der Waals surface area contributed by atoms with Gasteiger partial charge < -0.3 is 0 Å². The molecule has 1 aromatic carbocycles. The summed E-state index contributed by atoms with van der Waals surface area (Å²) in [5, 5.41) is 0. The summed E-state index contributed by atoms with van der Waals surface area (Å²) in [4.78, 5) is 0. The van der Waals surface area contributed by atoms with Gasteiger partial charge in [0, 0.05) is 0 Å². The van der Waals surface area contributed by atoms with Crippen molar-refractivity contribution in [3.63, 3.8) is 0 Å². The minimum absolute atomic E-state index is 0.0158. The first-order chi connectivity index (χ1) is 16.5. The Balaban J connectivity index is 2.01. The molecule has 2 rings (SSSR count). The van der Waals surface area contributed by atoms with Gasteiger partial charge in [-0.05, 0) is 42.7 Å². The summed E-state index contributed by atoms with van der Waals surface area (Å²) in [6.07, 6.45) is 22.7. The van der Waals surface area contributed by atoms with Crippen LogP contribution in [0.25, 0.3) is 0 Å². The lowest BCUT2D eigenvalue weighted by molar-refractivity contribution is 0.252. The van der Waals surface area contributed by atoms with E-state index in [1.807, 2.05) is 18.2 Å². The molecule has 0 saturated carbocycles. The molecule has 34 heavy (non-hydrogen) atoms. The van der Waals surface area contributed by atoms with E-state index in [1.54, 1.807) is 0 Å². The van der Waals surface area contributed by atoms with Crippen LogP contribution in [0.4, 0.5) is 0 Å². The molecule has 2 unspecified atom stereocenters. The zero-order valence-electron chi connectivity index (χ0n) is 22.2. The van der Waals surface area contributed by atoms with Crippen LogP contribution in [0.15, 0.2) is 24.3 Å². The summed E-state index contributed by atoms with van der Waals surface area (Å²) in [7, 11) is -4.21. The molecule has 196 valence electrons. The van der Waals surface area contributed by atoms with E-state index in [0.29, 0.717) is 6.42 Å². The van der Waals surface area contributed by atoms with E-state index in [-0.39, 0.29) is 5.92 Å². The van der Waals surface area contributed by atoms with Gasteiger partial charge in [0.2, 0.25) is 0 Å². The van der Waals surface area contributed by atoms with Gasteiger partial charge in [-0.3, -0.25) is 4.55 Å². The number of fused-ring (bicyclic) bond motifs is 1. The first-order valence-corrected chi connectivity index (χ1v) is 16.0. The molecule has 1 aliphatic rings. The van der Waals surface area contributed by atoms with Crippen LogP contribution in [0.1, 0.15) is 147 Å². The fourth-order valence-electron chi connectivity index (χ4n) is 6.17. The lowest BCUT2D eigenvalue weighted by atomic mass is 9.70. The van der Waals surface area contributed by atoms with Crippen molar-refractivity contribution in [3.05, 3.63) is 35.4 Å². The Hall–Kier alpha value is -0.870. The summed E-state index contributed by atoms with van der Waals surface area (Å²) >= 11 is 0. The number of unbranched alkanes of at least 4 members (excludes halogenated alkanes) is 14. The molecule has 2 atom stereocenters. The predicted octanol–water partition coefficient (Wildman–Crippen LogP) is 9.39. The molecule has 0 fully saturated rings. The monoisotopic (exact) mass is 492 g/mol. The number of hydrogen-bond donors (Lipinski definition) is 1. The van der Waals surface area contributed by atoms with Crippen LogP contribution in [0.2, 0.25) is 0 Å². The fourth-order valence-corrected chi connectivity index (χ4v) is 7.71. The van der Waals surface area contributed by atoms with E-state index in [0.717, 1.165) is 56.1 Å². The molecule has 4 heteroatoms. The molecule has 3 nitrogen and oxygen atoms in total. The van der Waals surface area contributed by atoms with Gasteiger partial charge in [-0.15, -0.1) is 0 Å². The Kier molecular flexibility index (Phi) is 13.8. The van der Waals surface area contributed by atoms with Gasteiger partial charge in [-0.1, -0.05) is 141 Å². The minimum atomic E-state index is -4.21. The lowest BCUT2D eigenvalue weighted by Crippen LogP contribution is -2.46. The Morgan fingerprint density at radius 2 is 1.26 bits per heavy atom. The predicted molar refractivity (Wildman–Crippen MR) is 146 cm³/mol. The van der Waals surface area contributed by atoms with Crippen molar-refractivity contribution in [2.75, 3.05) is 0 Å². The minimum Gasteiger partial charge on any atom is -0.285 e. The highest BCUT2D eigenvalue weighted by Crippen LogP contribution is 2.50. The van der Waals surface area contributed by atoms with Crippen molar-refractivity contribution in [3.8, 4) is 0 Å². The highest BCUT2D eigenvalue weighted by molar-refractivity contribution is 7.86. The van der Waals surface area contributed by atoms with E-state index in [4.69, 9.17) is 0 Å². The number of hydrogen-bond acceptors (Lipinski definition) is 2. The largest absolute Gasteiger partial charge is 0.285 e. The SMILES string of the molecule is CCCCCCCCCCC1CCc2ccccc2C1(CCCCCCCCCC)S(=O)(=O)O. The summed E-state index contributed by atoms with van der Waals surface area (Å²) in [5.41, 5.74) is 2.00. The Bertz CT molecular complexity index is 773. The second kappa shape index (κ2) is 16.0. The quantitative estimate of drug-likeness (QED) is 0.154. The topological polar surface area (TPSA) is 54.4 Å². The zero-order chi connectivity index (χ0) is 24.7. The second-order valence-electron chi connectivity index (χ2n) is 10.7. The van der Waals surface area contributed by atoms with E-state index in [1.165, 1.54) is 77.0 Å². The number of rotatable bonds is 19. The molecule has 0 aliphatic heterocycles. The molecule has 0 radical (unpaired) electrons. The zero-order valence-corrected chi connectivity index (χ0v) is 23.0. The van der Waals surface area contributed by atoms with Gasteiger partial charge in [0.15, 0.2) is 0 Å². The first kappa shape index (κ1) is 29.4. The van der Waals surface area contributed by atoms with Crippen LogP contribution in [0.3, 0.4) is 0 Å². The number of benzene rings is 1. The maximum absolute atomic E-state index is 13.1. The van der Waals surface area contributed by atoms with Crippen LogP contribution in [-0.4, -0.2) is 13.0 Å². The second-order valence-corrected chi connectivity index (χ2v) is 12.4. The van der Waals surface area contributed by atoms with Crippen LogP contribution in [0.5, 0.6) is 0 Å². The van der Waals surface area contributed by atoms with E-state index >= 15 is 0 Å². The normalized spacial score (nSPS) is 20.4. The van der Waals surface area contributed by atoms with Crippen molar-refractivity contribution in [1.82, 2.24) is 0 Å². The molecular formula is C30H52O3S. The van der Waals surface area contributed by atoms with Crippen molar-refractivity contribution in [2.24, 2.45) is 5.92 Å². The Morgan fingerprint density at radius 3 is 1.82 bits per heavy atom. The molecule has 0 amide bonds. The van der Waals surface area contributed by atoms with Crippen LogP contribution >= 0.6 is 0 Å². The van der Waals surface area contributed by atoms with Crippen LogP contribution in [-0.2, 0) is 21.3 Å². The molecule has 1 aliphatic carbocycles. The summed E-state index contributed by atoms with van der Waals surface area (Å²) in [5.74, 6) is 0.0158. The summed E-state index contributed by atoms with van der Waals surface area (Å²) < 4.78 is 35.8. The molecule has 0 aromatic heterocycles. The van der Waals surface area contributed by atoms with E-state index in [9.17, 15) is 13.0 Å². The van der Waals surface area contributed by atoms with E-state index in [2.05, 4.69) is 19.9 Å². The van der Waals surface area contributed by atoms with Gasteiger partial charge in [0.1, 0.15) is 4.75 Å². The molecule has 0 spiro atoms. The highest BCUT2D eigenvalue weighted by Gasteiger charge is 2.52. The number of aryl methyl sites for hydroxylation is 1. The summed E-state index contributed by atoms with van der Waals surface area (Å²) in [6, 6.07) is 8.00. The molecule has 0 saturated heterocycles. The van der Waals surface area contributed by atoms with Gasteiger partial charge in [-0.2, -0.15) is 8.42 Å². The third-order valence-corrected chi connectivity index (χ3v) is 9.84. The van der Waals surface area contributed by atoms with Gasteiger partial charge >= 0.3 is 0 Å². The third kappa shape index (κ3) is 8.66. The van der Waals surface area contributed by atoms with Gasteiger partial charge in [0.05, 0.1) is 0 Å². The molecule has 1 aromatic rings. The third-order valence-electron chi connectivity index (χ3n) is 8.16. The van der Waals surface area contributed by atoms with Crippen LogP contribution in [0, 0.1) is 5.92 Å². The maximum atomic E-state index is 13.1. The standard InChI is InChI=1S/C30H52O3S/c1-3-5-7-9-11-13-15-17-22-28-25-24-27-21-18-19-23-29(27)30(28,34(31,32)33)26-20-16-14-12-10-8-6-4-2/h18-19,21,23,28H,3-17,20,22,24-26H2,1-2H3,(H,31,32,33). The average Bonchev–Trinajstić information content (AvgIpc) is 2.82. The van der Waals surface area contributed by atoms with Crippen molar-refractivity contribution in [1.29, 1.82) is 0 Å². The highest BCUT2D eigenvalue weighted by atomic mass is 32.2. The maximum Gasteiger partial charge on any atom is 0.275 e. The Labute approximate surface area is 211 Å². The molecule has 1 N–H and O–H groups in total. The first-order valence-electron chi connectivity index (χ1n) is 14.5. The molecule has 0 heterocycles. The van der Waals surface area contributed by atoms with Gasteiger partial charge in [-0.25, -0.2) is 0 Å². The Morgan fingerprint density at radius 1 is 0.765 bits per heavy atom. The summed E-state index contributed by atoms with van der Waals surface area (Å²) in [6.45, 7) is 4.48. The lowest BCUT2D eigenvalue weighted by Gasteiger charge is -2.43. The average molecular weight is 493 g/mol. The van der Waals surface area contributed by atoms with Crippen molar-refractivity contribution < 1.29 is 13.0 Å². The van der Waals surface area contributed by atoms with Crippen LogP contribution < -0.4 is 0 Å². The van der Waals surface area contributed by atoms with Crippen molar-refractivity contribution >= 4 is 10.1 Å². The van der Waals surface area contributed by atoms with Gasteiger partial charge in [0.25, 0.3) is 10.1 Å².